The van der Waals surface area contributed by atoms with Crippen molar-refractivity contribution in [1.29, 1.82) is 0 Å². The Labute approximate surface area is 109 Å². The Morgan fingerprint density at radius 1 is 1.44 bits per heavy atom. The first-order valence-electron chi connectivity index (χ1n) is 6.22. The summed E-state index contributed by atoms with van der Waals surface area (Å²) in [7, 11) is 1.67. The maximum atomic E-state index is 5.58. The molecule has 0 aliphatic heterocycles. The van der Waals surface area contributed by atoms with Crippen molar-refractivity contribution < 1.29 is 13.9 Å². The number of anilines is 1. The topological polar surface area (TPSA) is 70.5 Å². The molecular weight excluding hydrogens is 232 g/mol. The van der Waals surface area contributed by atoms with Crippen LogP contribution in [0.15, 0.2) is 10.6 Å². The zero-order valence-electron chi connectivity index (χ0n) is 11.7. The highest BCUT2D eigenvalue weighted by Crippen LogP contribution is 2.31. The number of nitrogens with two attached hydrogens (primary N) is 1. The van der Waals surface area contributed by atoms with Crippen molar-refractivity contribution in [2.45, 2.75) is 33.1 Å². The first-order valence-corrected chi connectivity index (χ1v) is 6.22. The largest absolute Gasteiger partial charge is 0.425 e. The molecule has 104 valence electrons. The molecule has 0 amide bonds. The molecule has 1 atom stereocenters. The van der Waals surface area contributed by atoms with Crippen LogP contribution in [0.5, 0.6) is 0 Å². The molecule has 0 fully saturated rings. The van der Waals surface area contributed by atoms with Gasteiger partial charge in [-0.1, -0.05) is 20.8 Å². The summed E-state index contributed by atoms with van der Waals surface area (Å²) in [6.45, 7) is 8.37. The van der Waals surface area contributed by atoms with E-state index in [4.69, 9.17) is 19.6 Å². The van der Waals surface area contributed by atoms with Gasteiger partial charge in [-0.25, -0.2) is 4.98 Å². The lowest BCUT2D eigenvalue weighted by Crippen LogP contribution is -2.23. The van der Waals surface area contributed by atoms with Crippen molar-refractivity contribution in [1.82, 2.24) is 4.98 Å². The van der Waals surface area contributed by atoms with Crippen molar-refractivity contribution >= 4 is 5.88 Å². The van der Waals surface area contributed by atoms with Gasteiger partial charge in [0.2, 0.25) is 5.88 Å². The second-order valence-corrected chi connectivity index (χ2v) is 5.42. The van der Waals surface area contributed by atoms with E-state index in [2.05, 4.69) is 25.8 Å². The van der Waals surface area contributed by atoms with Crippen LogP contribution < -0.4 is 5.73 Å². The average molecular weight is 256 g/mol. The normalized spacial score (nSPS) is 13.8. The predicted octanol–water partition coefficient (Wildman–Crippen LogP) is 2.44. The van der Waals surface area contributed by atoms with Crippen LogP contribution in [-0.4, -0.2) is 31.9 Å². The molecule has 0 saturated heterocycles. The summed E-state index contributed by atoms with van der Waals surface area (Å²) in [5, 5.41) is 0. The molecule has 5 nitrogen and oxygen atoms in total. The molecule has 0 aliphatic rings. The third kappa shape index (κ3) is 5.06. The van der Waals surface area contributed by atoms with Gasteiger partial charge in [0.25, 0.3) is 0 Å². The number of rotatable bonds is 8. The third-order valence-corrected chi connectivity index (χ3v) is 2.75. The minimum absolute atomic E-state index is 0.0659. The summed E-state index contributed by atoms with van der Waals surface area (Å²) in [5.74, 6) is 1.28. The standard InChI is InChI=1S/C13H24N2O3/c1-10(12-15-8-11(14)18-12)7-13(2,3)9-17-6-5-16-4/h8,10H,5-7,9,14H2,1-4H3. The summed E-state index contributed by atoms with van der Waals surface area (Å²) in [6, 6.07) is 0. The molecule has 0 aliphatic carbocycles. The number of nitrogen functional groups attached to an aromatic ring is 1. The average Bonchev–Trinajstić information content (AvgIpc) is 2.71. The number of hydrogen-bond acceptors (Lipinski definition) is 5. The van der Waals surface area contributed by atoms with Crippen LogP contribution in [0.4, 0.5) is 5.88 Å². The fourth-order valence-corrected chi connectivity index (χ4v) is 1.99. The lowest BCUT2D eigenvalue weighted by Gasteiger charge is -2.26. The number of hydrogen-bond donors (Lipinski definition) is 1. The van der Waals surface area contributed by atoms with E-state index in [1.165, 1.54) is 0 Å². The second-order valence-electron chi connectivity index (χ2n) is 5.42. The Hall–Kier alpha value is -1.07. The molecule has 0 aromatic carbocycles. The molecule has 18 heavy (non-hydrogen) atoms. The van der Waals surface area contributed by atoms with E-state index >= 15 is 0 Å². The monoisotopic (exact) mass is 256 g/mol. The zero-order valence-corrected chi connectivity index (χ0v) is 11.7. The smallest absolute Gasteiger partial charge is 0.211 e. The molecule has 5 heteroatoms. The molecule has 0 saturated carbocycles. The molecule has 1 heterocycles. The molecular formula is C13H24N2O3. The molecule has 1 unspecified atom stereocenters. The summed E-state index contributed by atoms with van der Waals surface area (Å²) in [5.41, 5.74) is 5.59. The fraction of sp³-hybridized carbons (Fsp3) is 0.769. The lowest BCUT2D eigenvalue weighted by molar-refractivity contribution is 0.0223. The van der Waals surface area contributed by atoms with E-state index in [1.54, 1.807) is 13.3 Å². The molecule has 0 radical (unpaired) electrons. The Balaban J connectivity index is 2.39. The van der Waals surface area contributed by atoms with E-state index in [0.717, 1.165) is 6.42 Å². The quantitative estimate of drug-likeness (QED) is 0.723. The Bertz CT molecular complexity index is 350. The summed E-state index contributed by atoms with van der Waals surface area (Å²) < 4.78 is 15.9. The minimum atomic E-state index is 0.0659. The highest BCUT2D eigenvalue weighted by molar-refractivity contribution is 5.19. The van der Waals surface area contributed by atoms with Crippen molar-refractivity contribution in [2.75, 3.05) is 32.7 Å². The molecule has 1 aromatic rings. The summed E-state index contributed by atoms with van der Waals surface area (Å²) >= 11 is 0. The van der Waals surface area contributed by atoms with Gasteiger partial charge in [0.15, 0.2) is 5.89 Å². The first-order chi connectivity index (χ1) is 8.44. The van der Waals surface area contributed by atoms with E-state index in [-0.39, 0.29) is 11.3 Å². The van der Waals surface area contributed by atoms with E-state index in [1.807, 2.05) is 0 Å². The van der Waals surface area contributed by atoms with E-state index < -0.39 is 0 Å². The van der Waals surface area contributed by atoms with Gasteiger partial charge in [-0.2, -0.15) is 0 Å². The van der Waals surface area contributed by atoms with Gasteiger partial charge in [-0.15, -0.1) is 0 Å². The molecule has 0 bridgehead atoms. The summed E-state index contributed by atoms with van der Waals surface area (Å²) in [6.07, 6.45) is 2.48. The van der Waals surface area contributed by atoms with E-state index in [0.29, 0.717) is 31.6 Å². The molecule has 1 rings (SSSR count). The maximum absolute atomic E-state index is 5.58. The van der Waals surface area contributed by atoms with Crippen LogP contribution in [0.1, 0.15) is 39.0 Å². The van der Waals surface area contributed by atoms with Gasteiger partial charge in [0.05, 0.1) is 26.0 Å². The highest BCUT2D eigenvalue weighted by Gasteiger charge is 2.24. The van der Waals surface area contributed by atoms with Gasteiger partial charge >= 0.3 is 0 Å². The number of oxazole rings is 1. The van der Waals surface area contributed by atoms with Crippen molar-refractivity contribution in [2.24, 2.45) is 5.41 Å². The van der Waals surface area contributed by atoms with Gasteiger partial charge < -0.3 is 19.6 Å². The maximum Gasteiger partial charge on any atom is 0.211 e. The van der Waals surface area contributed by atoms with Crippen LogP contribution in [0.2, 0.25) is 0 Å². The first kappa shape index (κ1) is 15.0. The van der Waals surface area contributed by atoms with Gasteiger partial charge in [0, 0.05) is 13.0 Å². The number of nitrogens with zero attached hydrogens (tertiary/aromatic N) is 1. The van der Waals surface area contributed by atoms with E-state index in [9.17, 15) is 0 Å². The van der Waals surface area contributed by atoms with Gasteiger partial charge in [-0.05, 0) is 11.8 Å². The molecule has 0 spiro atoms. The zero-order chi connectivity index (χ0) is 13.6. The fourth-order valence-electron chi connectivity index (χ4n) is 1.99. The van der Waals surface area contributed by atoms with Crippen LogP contribution >= 0.6 is 0 Å². The third-order valence-electron chi connectivity index (χ3n) is 2.75. The lowest BCUT2D eigenvalue weighted by atomic mass is 9.84. The SMILES string of the molecule is COCCOCC(C)(C)CC(C)c1ncc(N)o1. The Morgan fingerprint density at radius 3 is 2.72 bits per heavy atom. The molecule has 1 aromatic heterocycles. The van der Waals surface area contributed by atoms with Crippen molar-refractivity contribution in [3.05, 3.63) is 12.1 Å². The van der Waals surface area contributed by atoms with Crippen LogP contribution in [0.3, 0.4) is 0 Å². The van der Waals surface area contributed by atoms with Crippen molar-refractivity contribution in [3.63, 3.8) is 0 Å². The predicted molar refractivity (Wildman–Crippen MR) is 70.4 cm³/mol. The van der Waals surface area contributed by atoms with Crippen LogP contribution in [-0.2, 0) is 9.47 Å². The number of methoxy groups -OCH3 is 1. The number of aromatic nitrogens is 1. The Morgan fingerprint density at radius 2 is 2.17 bits per heavy atom. The van der Waals surface area contributed by atoms with Crippen LogP contribution in [0.25, 0.3) is 0 Å². The highest BCUT2D eigenvalue weighted by atomic mass is 16.5. The minimum Gasteiger partial charge on any atom is -0.425 e. The van der Waals surface area contributed by atoms with Gasteiger partial charge in [0.1, 0.15) is 0 Å². The van der Waals surface area contributed by atoms with Crippen molar-refractivity contribution in [3.8, 4) is 0 Å². The Kier molecular flexibility index (Phi) is 5.62. The van der Waals surface area contributed by atoms with Gasteiger partial charge in [-0.3, -0.25) is 0 Å². The van der Waals surface area contributed by atoms with Crippen LogP contribution in [0, 0.1) is 5.41 Å². The molecule has 2 N–H and O–H groups in total. The number of ether oxygens (including phenoxy) is 2. The summed E-state index contributed by atoms with van der Waals surface area (Å²) in [4.78, 5) is 4.16. The second kappa shape index (κ2) is 6.75.